The molecule has 1 aromatic rings. The monoisotopic (exact) mass is 309 g/mol. The number of rotatable bonds is 2. The number of para-hydroxylation sites is 1. The Bertz CT molecular complexity index is 613. The Kier molecular flexibility index (Phi) is 3.67. The van der Waals surface area contributed by atoms with Gasteiger partial charge in [-0.3, -0.25) is 15.0 Å². The summed E-state index contributed by atoms with van der Waals surface area (Å²) in [4.78, 5) is 12.3. The predicted molar refractivity (Wildman–Crippen MR) is 85.4 cm³/mol. The fourth-order valence-electron chi connectivity index (χ4n) is 2.95. The molecule has 21 heavy (non-hydrogen) atoms. The van der Waals surface area contributed by atoms with Gasteiger partial charge in [0.1, 0.15) is 11.4 Å². The van der Waals surface area contributed by atoms with Crippen LogP contribution in [-0.2, 0) is 0 Å². The summed E-state index contributed by atoms with van der Waals surface area (Å²) >= 11 is 5.35. The lowest BCUT2D eigenvalue weighted by molar-refractivity contribution is -0.384. The predicted octanol–water partition coefficient (Wildman–Crippen LogP) is 2.47. The zero-order chi connectivity index (χ0) is 16.0. The number of nitrogens with zero attached hydrogens (tertiary/aromatic N) is 2. The highest BCUT2D eigenvalue weighted by atomic mass is 32.1. The van der Waals surface area contributed by atoms with Crippen LogP contribution in [0.1, 0.15) is 32.8 Å². The molecule has 1 saturated heterocycles. The van der Waals surface area contributed by atoms with Crippen molar-refractivity contribution in [3.63, 3.8) is 0 Å². The van der Waals surface area contributed by atoms with Crippen molar-refractivity contribution in [3.05, 3.63) is 33.9 Å². The van der Waals surface area contributed by atoms with Gasteiger partial charge in [-0.25, -0.2) is 0 Å². The summed E-state index contributed by atoms with van der Waals surface area (Å²) in [7, 11) is 0. The summed E-state index contributed by atoms with van der Waals surface area (Å²) in [6.45, 7) is 7.24. The van der Waals surface area contributed by atoms with Gasteiger partial charge in [-0.1, -0.05) is 12.1 Å². The molecular formula is C14H19N3O3S. The van der Waals surface area contributed by atoms with Gasteiger partial charge < -0.3 is 10.4 Å². The minimum absolute atomic E-state index is 0.0702. The molecule has 0 spiro atoms. The highest BCUT2D eigenvalue weighted by Gasteiger charge is 2.46. The molecule has 2 N–H and O–H groups in total. The van der Waals surface area contributed by atoms with E-state index in [1.54, 1.807) is 26.0 Å². The maximum atomic E-state index is 11.3. The average Bonchev–Trinajstić information content (AvgIpc) is 2.26. The summed E-state index contributed by atoms with van der Waals surface area (Å²) < 4.78 is 0. The van der Waals surface area contributed by atoms with Crippen LogP contribution >= 0.6 is 12.2 Å². The van der Waals surface area contributed by atoms with E-state index in [-0.39, 0.29) is 16.3 Å². The molecule has 0 saturated carbocycles. The first-order valence-electron chi connectivity index (χ1n) is 6.64. The Hall–Kier alpha value is -1.73. The van der Waals surface area contributed by atoms with Crippen LogP contribution in [0.3, 0.4) is 0 Å². The summed E-state index contributed by atoms with van der Waals surface area (Å²) in [5.41, 5.74) is -0.731. The Morgan fingerprint density at radius 2 is 2.05 bits per heavy atom. The highest BCUT2D eigenvalue weighted by molar-refractivity contribution is 7.80. The number of hydrogen-bond acceptors (Lipinski definition) is 4. The van der Waals surface area contributed by atoms with E-state index >= 15 is 0 Å². The van der Waals surface area contributed by atoms with E-state index in [2.05, 4.69) is 5.32 Å². The average molecular weight is 309 g/mol. The fraction of sp³-hybridized carbons (Fsp3) is 0.500. The molecule has 6 nitrogen and oxygen atoms in total. The number of nitro groups is 1. The van der Waals surface area contributed by atoms with Gasteiger partial charge in [0, 0.05) is 18.0 Å². The molecule has 2 rings (SSSR count). The van der Waals surface area contributed by atoms with Gasteiger partial charge in [0.2, 0.25) is 0 Å². The van der Waals surface area contributed by atoms with Crippen molar-refractivity contribution in [1.29, 1.82) is 0 Å². The van der Waals surface area contributed by atoms with E-state index in [1.165, 1.54) is 11.0 Å². The number of nitrogens with one attached hydrogen (secondary N) is 1. The number of aryl methyl sites for hydroxylation is 1. The maximum absolute atomic E-state index is 11.3. The van der Waals surface area contributed by atoms with Gasteiger partial charge in [0.05, 0.1) is 4.92 Å². The van der Waals surface area contributed by atoms with Crippen LogP contribution in [0.4, 0.5) is 11.4 Å². The van der Waals surface area contributed by atoms with Crippen molar-refractivity contribution < 1.29 is 10.0 Å². The van der Waals surface area contributed by atoms with Crippen LogP contribution in [0.2, 0.25) is 0 Å². The summed E-state index contributed by atoms with van der Waals surface area (Å²) in [6, 6.07) is 4.80. The summed E-state index contributed by atoms with van der Waals surface area (Å²) in [6.07, 6.45) is 0.381. The zero-order valence-electron chi connectivity index (χ0n) is 12.5. The van der Waals surface area contributed by atoms with Crippen LogP contribution < -0.4 is 10.2 Å². The van der Waals surface area contributed by atoms with Crippen molar-refractivity contribution in [2.45, 2.75) is 45.4 Å². The van der Waals surface area contributed by atoms with E-state index < -0.39 is 10.6 Å². The maximum Gasteiger partial charge on any atom is 0.293 e. The molecular weight excluding hydrogens is 290 g/mol. The molecule has 1 heterocycles. The van der Waals surface area contributed by atoms with Gasteiger partial charge in [0.15, 0.2) is 5.11 Å². The molecule has 0 aromatic heterocycles. The Balaban J connectivity index is 2.61. The number of benzene rings is 1. The highest BCUT2D eigenvalue weighted by Crippen LogP contribution is 2.40. The molecule has 1 atom stereocenters. The number of nitro benzene ring substituents is 1. The van der Waals surface area contributed by atoms with Crippen LogP contribution in [0.25, 0.3) is 0 Å². The van der Waals surface area contributed by atoms with E-state index in [4.69, 9.17) is 12.2 Å². The number of anilines is 1. The topological polar surface area (TPSA) is 78.6 Å². The lowest BCUT2D eigenvalue weighted by Gasteiger charge is -2.49. The zero-order valence-corrected chi connectivity index (χ0v) is 13.3. The third-order valence-electron chi connectivity index (χ3n) is 3.54. The standard InChI is InChI=1S/C14H19N3O3S/c1-9-6-5-7-10(17(19)20)11(9)16-12(21)15-13(2,3)8-14(16,4)18/h5-7,18H,8H2,1-4H3,(H,15,21)/t14-/m1/s1. The molecule has 114 valence electrons. The lowest BCUT2D eigenvalue weighted by atomic mass is 9.89. The van der Waals surface area contributed by atoms with Gasteiger partial charge in [-0.05, 0) is 45.5 Å². The SMILES string of the molecule is Cc1cccc([N+](=O)[O-])c1N1C(=S)NC(C)(C)C[C@@]1(C)O. The van der Waals surface area contributed by atoms with Crippen molar-refractivity contribution in [1.82, 2.24) is 5.32 Å². The molecule has 1 aromatic carbocycles. The largest absolute Gasteiger partial charge is 0.371 e. The van der Waals surface area contributed by atoms with E-state index in [9.17, 15) is 15.2 Å². The molecule has 1 aliphatic heterocycles. The van der Waals surface area contributed by atoms with Crippen LogP contribution in [0, 0.1) is 17.0 Å². The van der Waals surface area contributed by atoms with Crippen LogP contribution in [0.15, 0.2) is 18.2 Å². The van der Waals surface area contributed by atoms with Crippen molar-refractivity contribution in [3.8, 4) is 0 Å². The van der Waals surface area contributed by atoms with Gasteiger partial charge in [-0.2, -0.15) is 0 Å². The lowest BCUT2D eigenvalue weighted by Crippen LogP contribution is -2.67. The van der Waals surface area contributed by atoms with Gasteiger partial charge >= 0.3 is 0 Å². The third kappa shape index (κ3) is 2.84. The fourth-order valence-corrected chi connectivity index (χ4v) is 3.51. The normalized spacial score (nSPS) is 24.6. The van der Waals surface area contributed by atoms with Gasteiger partial charge in [0.25, 0.3) is 5.69 Å². The van der Waals surface area contributed by atoms with Gasteiger partial charge in [-0.15, -0.1) is 0 Å². The van der Waals surface area contributed by atoms with Crippen molar-refractivity contribution >= 4 is 28.7 Å². The first kappa shape index (κ1) is 15.7. The van der Waals surface area contributed by atoms with E-state index in [0.29, 0.717) is 17.7 Å². The van der Waals surface area contributed by atoms with Crippen LogP contribution in [0.5, 0.6) is 0 Å². The first-order valence-corrected chi connectivity index (χ1v) is 7.05. The van der Waals surface area contributed by atoms with Crippen LogP contribution in [-0.4, -0.2) is 26.4 Å². The molecule has 7 heteroatoms. The number of aliphatic hydroxyl groups is 1. The molecule has 0 amide bonds. The Morgan fingerprint density at radius 1 is 1.43 bits per heavy atom. The molecule has 0 unspecified atom stereocenters. The smallest absolute Gasteiger partial charge is 0.293 e. The number of thiocarbonyl (C=S) groups is 1. The Labute approximate surface area is 128 Å². The molecule has 1 fully saturated rings. The molecule has 1 aliphatic rings. The van der Waals surface area contributed by atoms with E-state index in [1.807, 2.05) is 13.8 Å². The minimum atomic E-state index is -1.30. The second kappa shape index (κ2) is 4.92. The van der Waals surface area contributed by atoms with E-state index in [0.717, 1.165) is 0 Å². The second-order valence-electron chi connectivity index (χ2n) is 6.24. The van der Waals surface area contributed by atoms with Crippen molar-refractivity contribution in [2.24, 2.45) is 0 Å². The first-order chi connectivity index (χ1) is 9.55. The summed E-state index contributed by atoms with van der Waals surface area (Å²) in [5, 5.41) is 25.5. The third-order valence-corrected chi connectivity index (χ3v) is 3.83. The second-order valence-corrected chi connectivity index (χ2v) is 6.63. The quantitative estimate of drug-likeness (QED) is 0.496. The minimum Gasteiger partial charge on any atom is -0.371 e. The molecule has 0 aliphatic carbocycles. The molecule has 0 radical (unpaired) electrons. The number of hydrogen-bond donors (Lipinski definition) is 2. The Morgan fingerprint density at radius 3 is 2.57 bits per heavy atom. The van der Waals surface area contributed by atoms with Crippen molar-refractivity contribution in [2.75, 3.05) is 4.90 Å². The summed E-state index contributed by atoms with van der Waals surface area (Å²) in [5.74, 6) is 0. The molecule has 0 bridgehead atoms.